The normalized spacial score (nSPS) is 11.6. The van der Waals surface area contributed by atoms with E-state index in [1.54, 1.807) is 11.8 Å². The number of thioether (sulfide) groups is 1. The largest absolute Gasteiger partial charge is 0.355 e. The molecule has 3 nitrogen and oxygen atoms in total. The molecule has 6 heteroatoms. The summed E-state index contributed by atoms with van der Waals surface area (Å²) in [4.78, 5) is 12.8. The Morgan fingerprint density at radius 3 is 2.75 bits per heavy atom. The molecule has 0 bridgehead atoms. The van der Waals surface area contributed by atoms with Gasteiger partial charge < -0.3 is 10.6 Å². The highest BCUT2D eigenvalue weighted by Crippen LogP contribution is 2.27. The number of hydrogen-bond donors (Lipinski definition) is 2. The smallest absolute Gasteiger partial charge is 0.220 e. The molecule has 1 aromatic carbocycles. The van der Waals surface area contributed by atoms with Gasteiger partial charge in [0.2, 0.25) is 5.91 Å². The molecule has 114 valence electrons. The summed E-state index contributed by atoms with van der Waals surface area (Å²) in [6.07, 6.45) is 0.546. The van der Waals surface area contributed by atoms with Crippen LogP contribution < -0.4 is 10.6 Å². The summed E-state index contributed by atoms with van der Waals surface area (Å²) in [5.41, 5.74) is 0. The summed E-state index contributed by atoms with van der Waals surface area (Å²) in [6.45, 7) is 5.74. The molecule has 0 fully saturated rings. The van der Waals surface area contributed by atoms with Gasteiger partial charge in [-0.05, 0) is 41.5 Å². The van der Waals surface area contributed by atoms with Gasteiger partial charge in [0.25, 0.3) is 0 Å². The van der Waals surface area contributed by atoms with Crippen LogP contribution in [0.1, 0.15) is 20.3 Å². The summed E-state index contributed by atoms with van der Waals surface area (Å²) in [5, 5.41) is 6.21. The van der Waals surface area contributed by atoms with Crippen molar-refractivity contribution >= 4 is 46.0 Å². The van der Waals surface area contributed by atoms with Crippen LogP contribution in [0.15, 0.2) is 33.6 Å². The molecule has 20 heavy (non-hydrogen) atoms. The predicted molar refractivity (Wildman–Crippen MR) is 92.9 cm³/mol. The highest BCUT2D eigenvalue weighted by molar-refractivity contribution is 9.10. The van der Waals surface area contributed by atoms with E-state index in [9.17, 15) is 4.79 Å². The molecule has 0 heterocycles. The molecular formula is C14H22BrClN2OS. The first-order valence-electron chi connectivity index (χ1n) is 6.51. The Balaban J connectivity index is 0.00000361. The summed E-state index contributed by atoms with van der Waals surface area (Å²) < 4.78 is 1.08. The van der Waals surface area contributed by atoms with E-state index >= 15 is 0 Å². The predicted octanol–water partition coefficient (Wildman–Crippen LogP) is 3.47. The lowest BCUT2D eigenvalue weighted by molar-refractivity contribution is -0.120. The molecule has 0 aliphatic heterocycles. The third-order valence-electron chi connectivity index (χ3n) is 2.58. The van der Waals surface area contributed by atoms with Gasteiger partial charge >= 0.3 is 0 Å². The van der Waals surface area contributed by atoms with Crippen LogP contribution >= 0.6 is 40.1 Å². The number of amides is 1. The average molecular weight is 382 g/mol. The van der Waals surface area contributed by atoms with E-state index in [1.165, 1.54) is 4.90 Å². The van der Waals surface area contributed by atoms with Crippen molar-refractivity contribution in [2.45, 2.75) is 31.2 Å². The number of nitrogens with one attached hydrogen (secondary N) is 2. The lowest BCUT2D eigenvalue weighted by Crippen LogP contribution is -2.38. The van der Waals surface area contributed by atoms with Gasteiger partial charge in [-0.25, -0.2) is 0 Å². The van der Waals surface area contributed by atoms with E-state index in [2.05, 4.69) is 46.5 Å². The van der Waals surface area contributed by atoms with Crippen molar-refractivity contribution in [3.8, 4) is 0 Å². The lowest BCUT2D eigenvalue weighted by atomic mass is 10.3. The fraction of sp³-hybridized carbons (Fsp3) is 0.500. The maximum atomic E-state index is 11.7. The first kappa shape index (κ1) is 19.8. The van der Waals surface area contributed by atoms with Gasteiger partial charge in [-0.2, -0.15) is 0 Å². The molecule has 2 N–H and O–H groups in total. The van der Waals surface area contributed by atoms with Gasteiger partial charge in [0.15, 0.2) is 0 Å². The monoisotopic (exact) mass is 380 g/mol. The molecule has 0 unspecified atom stereocenters. The molecule has 0 saturated heterocycles. The first-order valence-corrected chi connectivity index (χ1v) is 8.28. The zero-order valence-electron chi connectivity index (χ0n) is 11.8. The van der Waals surface area contributed by atoms with Crippen LogP contribution in [0.5, 0.6) is 0 Å². The zero-order chi connectivity index (χ0) is 14.1. The van der Waals surface area contributed by atoms with E-state index in [0.717, 1.165) is 16.8 Å². The van der Waals surface area contributed by atoms with E-state index in [1.807, 2.05) is 18.2 Å². The second kappa shape index (κ2) is 11.4. The summed E-state index contributed by atoms with van der Waals surface area (Å²) in [7, 11) is 0. The molecule has 0 aliphatic rings. The Labute approximate surface area is 140 Å². The Bertz CT molecular complexity index is 407. The van der Waals surface area contributed by atoms with Crippen LogP contribution in [0.4, 0.5) is 0 Å². The minimum Gasteiger partial charge on any atom is -0.355 e. The zero-order valence-corrected chi connectivity index (χ0v) is 15.0. The molecular weight excluding hydrogens is 360 g/mol. The van der Waals surface area contributed by atoms with Crippen molar-refractivity contribution in [3.05, 3.63) is 28.7 Å². The molecule has 0 radical (unpaired) electrons. The number of halogens is 2. The van der Waals surface area contributed by atoms with Crippen molar-refractivity contribution in [1.29, 1.82) is 0 Å². The number of carbonyl (C=O) groups excluding carboxylic acids is 1. The quantitative estimate of drug-likeness (QED) is 0.678. The third kappa shape index (κ3) is 8.15. The SMILES string of the molecule is CCN[C@H](C)CNC(=O)CCSc1ccccc1Br.Cl. The molecule has 0 aliphatic carbocycles. The van der Waals surface area contributed by atoms with Crippen LogP contribution in [-0.2, 0) is 4.79 Å². The van der Waals surface area contributed by atoms with E-state index in [4.69, 9.17) is 0 Å². The minimum atomic E-state index is 0. The third-order valence-corrected chi connectivity index (χ3v) is 4.61. The highest BCUT2D eigenvalue weighted by atomic mass is 79.9. The van der Waals surface area contributed by atoms with Crippen molar-refractivity contribution in [2.75, 3.05) is 18.8 Å². The van der Waals surface area contributed by atoms with E-state index < -0.39 is 0 Å². The Kier molecular flexibility index (Phi) is 11.3. The molecule has 0 spiro atoms. The molecule has 1 rings (SSSR count). The van der Waals surface area contributed by atoms with Gasteiger partial charge in [-0.3, -0.25) is 4.79 Å². The second-order valence-electron chi connectivity index (χ2n) is 4.29. The fourth-order valence-electron chi connectivity index (χ4n) is 1.59. The number of rotatable bonds is 8. The maximum absolute atomic E-state index is 11.7. The van der Waals surface area contributed by atoms with Crippen LogP contribution in [0.25, 0.3) is 0 Å². The van der Waals surface area contributed by atoms with Gasteiger partial charge in [0.1, 0.15) is 0 Å². The number of likely N-dealkylation sites (N-methyl/N-ethyl adjacent to an activating group) is 1. The van der Waals surface area contributed by atoms with Crippen LogP contribution in [0.3, 0.4) is 0 Å². The lowest BCUT2D eigenvalue weighted by Gasteiger charge is -2.13. The Morgan fingerprint density at radius 2 is 2.10 bits per heavy atom. The van der Waals surface area contributed by atoms with E-state index in [-0.39, 0.29) is 18.3 Å². The standard InChI is InChI=1S/C14H21BrN2OS.ClH/c1-3-16-11(2)10-17-14(18)8-9-19-13-7-5-4-6-12(13)15;/h4-7,11,16H,3,8-10H2,1-2H3,(H,17,18);1H/t11-;/m1./s1. The summed E-state index contributed by atoms with van der Waals surface area (Å²) in [6, 6.07) is 8.39. The average Bonchev–Trinajstić information content (AvgIpc) is 2.39. The van der Waals surface area contributed by atoms with Gasteiger partial charge in [0, 0.05) is 34.1 Å². The van der Waals surface area contributed by atoms with Crippen LogP contribution in [0, 0.1) is 0 Å². The summed E-state index contributed by atoms with van der Waals surface area (Å²) >= 11 is 5.20. The second-order valence-corrected chi connectivity index (χ2v) is 6.28. The Morgan fingerprint density at radius 1 is 1.40 bits per heavy atom. The van der Waals surface area contributed by atoms with Gasteiger partial charge in [0.05, 0.1) is 0 Å². The van der Waals surface area contributed by atoms with Crippen molar-refractivity contribution in [1.82, 2.24) is 10.6 Å². The molecule has 0 aromatic heterocycles. The topological polar surface area (TPSA) is 41.1 Å². The maximum Gasteiger partial charge on any atom is 0.220 e. The van der Waals surface area contributed by atoms with Gasteiger partial charge in [-0.1, -0.05) is 19.1 Å². The highest BCUT2D eigenvalue weighted by Gasteiger charge is 2.05. The van der Waals surface area contributed by atoms with Crippen molar-refractivity contribution in [2.24, 2.45) is 0 Å². The molecule has 0 saturated carbocycles. The number of benzene rings is 1. The van der Waals surface area contributed by atoms with Crippen LogP contribution in [-0.4, -0.2) is 30.8 Å². The van der Waals surface area contributed by atoms with Crippen LogP contribution in [0.2, 0.25) is 0 Å². The van der Waals surface area contributed by atoms with Gasteiger partial charge in [-0.15, -0.1) is 24.2 Å². The Hall–Kier alpha value is -0.230. The minimum absolute atomic E-state index is 0. The number of hydrogen-bond acceptors (Lipinski definition) is 3. The molecule has 1 atom stereocenters. The number of carbonyl (C=O) groups is 1. The molecule has 1 aromatic rings. The van der Waals surface area contributed by atoms with Crippen molar-refractivity contribution < 1.29 is 4.79 Å². The van der Waals surface area contributed by atoms with E-state index in [0.29, 0.717) is 19.0 Å². The fourth-order valence-corrected chi connectivity index (χ4v) is 3.11. The summed E-state index contributed by atoms with van der Waals surface area (Å²) in [5.74, 6) is 0.911. The first-order chi connectivity index (χ1) is 9.13. The molecule has 1 amide bonds. The van der Waals surface area contributed by atoms with Crippen molar-refractivity contribution in [3.63, 3.8) is 0 Å².